The van der Waals surface area contributed by atoms with Gasteiger partial charge in [0.05, 0.1) is 18.1 Å². The fourth-order valence-electron chi connectivity index (χ4n) is 4.11. The number of methoxy groups -OCH3 is 1. The summed E-state index contributed by atoms with van der Waals surface area (Å²) in [4.78, 5) is 43.3. The summed E-state index contributed by atoms with van der Waals surface area (Å²) in [6.45, 7) is 0.831. The van der Waals surface area contributed by atoms with Crippen molar-refractivity contribution in [3.05, 3.63) is 107 Å². The van der Waals surface area contributed by atoms with Gasteiger partial charge in [0.1, 0.15) is 6.04 Å². The second kappa shape index (κ2) is 14.0. The molecule has 0 spiro atoms. The SMILES string of the molecule is COC(=O)[C@H](Cc1ccc(C2=NCCS2)cc1)NC(=O)[C@@H](CSC(=O)c1ccccc1)Cc1ccccc1. The van der Waals surface area contributed by atoms with Crippen LogP contribution in [0.1, 0.15) is 27.0 Å². The first-order valence-corrected chi connectivity index (χ1v) is 14.4. The Hall–Kier alpha value is -3.36. The lowest BCUT2D eigenvalue weighted by molar-refractivity contribution is -0.145. The van der Waals surface area contributed by atoms with Crippen molar-refractivity contribution in [1.29, 1.82) is 0 Å². The minimum absolute atomic E-state index is 0.0916. The molecule has 0 unspecified atom stereocenters. The summed E-state index contributed by atoms with van der Waals surface area (Å²) < 4.78 is 5.01. The fourth-order valence-corrected chi connectivity index (χ4v) is 5.90. The maximum absolute atomic E-state index is 13.5. The molecule has 4 rings (SSSR count). The molecule has 1 N–H and O–H groups in total. The van der Waals surface area contributed by atoms with Crippen molar-refractivity contribution < 1.29 is 19.1 Å². The third-order valence-electron chi connectivity index (χ3n) is 6.15. The first-order chi connectivity index (χ1) is 18.5. The van der Waals surface area contributed by atoms with Crippen molar-refractivity contribution in [1.82, 2.24) is 5.32 Å². The van der Waals surface area contributed by atoms with Crippen LogP contribution in [0.25, 0.3) is 0 Å². The lowest BCUT2D eigenvalue weighted by Gasteiger charge is -2.21. The molecule has 0 aromatic heterocycles. The average molecular weight is 547 g/mol. The molecular weight excluding hydrogens is 516 g/mol. The normalized spacial score (nSPS) is 14.3. The van der Waals surface area contributed by atoms with Gasteiger partial charge in [0.2, 0.25) is 11.0 Å². The molecule has 3 aromatic carbocycles. The average Bonchev–Trinajstić information content (AvgIpc) is 3.51. The predicted octanol–water partition coefficient (Wildman–Crippen LogP) is 4.81. The van der Waals surface area contributed by atoms with Crippen LogP contribution >= 0.6 is 23.5 Å². The number of nitrogens with zero attached hydrogens (tertiary/aromatic N) is 1. The molecule has 38 heavy (non-hydrogen) atoms. The summed E-state index contributed by atoms with van der Waals surface area (Å²) in [5, 5.41) is 3.84. The molecule has 0 bridgehead atoms. The van der Waals surface area contributed by atoms with Crippen molar-refractivity contribution in [3.8, 4) is 0 Å². The molecule has 196 valence electrons. The number of hydrogen-bond donors (Lipinski definition) is 1. The number of nitrogens with one attached hydrogen (secondary N) is 1. The van der Waals surface area contributed by atoms with Gasteiger partial charge in [-0.25, -0.2) is 4.79 Å². The number of benzene rings is 3. The first kappa shape index (κ1) is 27.7. The van der Waals surface area contributed by atoms with Gasteiger partial charge in [-0.1, -0.05) is 96.7 Å². The summed E-state index contributed by atoms with van der Waals surface area (Å²) in [5.41, 5.74) is 3.53. The van der Waals surface area contributed by atoms with Gasteiger partial charge in [0.15, 0.2) is 0 Å². The quantitative estimate of drug-likeness (QED) is 0.348. The molecule has 0 fully saturated rings. The van der Waals surface area contributed by atoms with Gasteiger partial charge >= 0.3 is 5.97 Å². The smallest absolute Gasteiger partial charge is 0.328 e. The van der Waals surface area contributed by atoms with Crippen LogP contribution in [0.15, 0.2) is 89.9 Å². The number of amides is 1. The Labute approximate surface area is 231 Å². The number of thioether (sulfide) groups is 2. The molecule has 8 heteroatoms. The van der Waals surface area contributed by atoms with Gasteiger partial charge < -0.3 is 10.1 Å². The summed E-state index contributed by atoms with van der Waals surface area (Å²) in [6.07, 6.45) is 0.747. The van der Waals surface area contributed by atoms with Crippen LogP contribution in [0.4, 0.5) is 0 Å². The Morgan fingerprint density at radius 2 is 1.58 bits per heavy atom. The summed E-state index contributed by atoms with van der Waals surface area (Å²) in [6, 6.07) is 25.7. The van der Waals surface area contributed by atoms with Gasteiger partial charge in [0.25, 0.3) is 0 Å². The van der Waals surface area contributed by atoms with E-state index in [-0.39, 0.29) is 16.8 Å². The van der Waals surface area contributed by atoms with Crippen LogP contribution in [0.5, 0.6) is 0 Å². The van der Waals surface area contributed by atoms with Gasteiger partial charge in [-0.2, -0.15) is 0 Å². The van der Waals surface area contributed by atoms with E-state index in [1.807, 2.05) is 72.8 Å². The highest BCUT2D eigenvalue weighted by atomic mass is 32.2. The maximum atomic E-state index is 13.5. The molecule has 1 amide bonds. The van der Waals surface area contributed by atoms with E-state index >= 15 is 0 Å². The van der Waals surface area contributed by atoms with Crippen LogP contribution in [-0.2, 0) is 27.2 Å². The van der Waals surface area contributed by atoms with E-state index in [4.69, 9.17) is 4.74 Å². The molecule has 1 aliphatic heterocycles. The zero-order valence-electron chi connectivity index (χ0n) is 21.2. The van der Waals surface area contributed by atoms with E-state index in [2.05, 4.69) is 10.3 Å². The van der Waals surface area contributed by atoms with E-state index < -0.39 is 17.9 Å². The highest BCUT2D eigenvalue weighted by Crippen LogP contribution is 2.21. The molecule has 3 aromatic rings. The van der Waals surface area contributed by atoms with Gasteiger partial charge in [-0.3, -0.25) is 14.6 Å². The molecule has 1 aliphatic rings. The zero-order valence-corrected chi connectivity index (χ0v) is 22.8. The number of carbonyl (C=O) groups is 3. The van der Waals surface area contributed by atoms with E-state index in [9.17, 15) is 14.4 Å². The molecule has 1 heterocycles. The minimum Gasteiger partial charge on any atom is -0.467 e. The highest BCUT2D eigenvalue weighted by molar-refractivity contribution is 8.14. The molecule has 0 saturated heterocycles. The summed E-state index contributed by atoms with van der Waals surface area (Å²) >= 11 is 2.85. The first-order valence-electron chi connectivity index (χ1n) is 12.4. The molecule has 2 atom stereocenters. The standard InChI is InChI=1S/C30H30N2O4S2/c1-36-29(34)26(19-22-12-14-23(15-13-22)28-31-16-17-37-28)32-27(33)25(18-21-8-4-2-5-9-21)20-38-30(35)24-10-6-3-7-11-24/h2-15,25-26H,16-20H2,1H3,(H,32,33)/t25-,26+/m1/s1. The summed E-state index contributed by atoms with van der Waals surface area (Å²) in [7, 11) is 1.32. The van der Waals surface area contributed by atoms with Crippen molar-refractivity contribution in [3.63, 3.8) is 0 Å². The monoisotopic (exact) mass is 546 g/mol. The predicted molar refractivity (Wildman–Crippen MR) is 155 cm³/mol. The number of rotatable bonds is 11. The topological polar surface area (TPSA) is 84.8 Å². The van der Waals surface area contributed by atoms with Crippen LogP contribution in [0.2, 0.25) is 0 Å². The number of esters is 1. The molecule has 0 radical (unpaired) electrons. The van der Waals surface area contributed by atoms with Crippen molar-refractivity contribution >= 4 is 45.6 Å². The van der Waals surface area contributed by atoms with Gasteiger partial charge in [0, 0.05) is 35.6 Å². The third-order valence-corrected chi connectivity index (χ3v) is 8.24. The van der Waals surface area contributed by atoms with Crippen LogP contribution in [0, 0.1) is 5.92 Å². The van der Waals surface area contributed by atoms with E-state index in [0.29, 0.717) is 18.4 Å². The number of ether oxygens (including phenoxy) is 1. The summed E-state index contributed by atoms with van der Waals surface area (Å²) in [5.74, 6) is -0.0263. The van der Waals surface area contributed by atoms with Crippen molar-refractivity contribution in [2.24, 2.45) is 10.9 Å². The second-order valence-corrected chi connectivity index (χ2v) is 10.9. The van der Waals surface area contributed by atoms with Gasteiger partial charge in [-0.05, 0) is 17.5 Å². The Bertz CT molecular complexity index is 1260. The number of aliphatic imine (C=N–C) groups is 1. The van der Waals surface area contributed by atoms with Crippen LogP contribution in [0.3, 0.4) is 0 Å². The zero-order chi connectivity index (χ0) is 26.7. The van der Waals surface area contributed by atoms with Crippen molar-refractivity contribution in [2.75, 3.05) is 25.2 Å². The van der Waals surface area contributed by atoms with Crippen LogP contribution in [-0.4, -0.2) is 53.2 Å². The van der Waals surface area contributed by atoms with Crippen LogP contribution < -0.4 is 5.32 Å². The van der Waals surface area contributed by atoms with Gasteiger partial charge in [-0.15, -0.1) is 11.8 Å². The van der Waals surface area contributed by atoms with Crippen molar-refractivity contribution in [2.45, 2.75) is 18.9 Å². The molecule has 6 nitrogen and oxygen atoms in total. The third kappa shape index (κ3) is 7.82. The van der Waals surface area contributed by atoms with E-state index in [0.717, 1.165) is 45.8 Å². The Morgan fingerprint density at radius 1 is 0.921 bits per heavy atom. The van der Waals surface area contributed by atoms with E-state index in [1.165, 1.54) is 7.11 Å². The largest absolute Gasteiger partial charge is 0.467 e. The Morgan fingerprint density at radius 3 is 2.21 bits per heavy atom. The molecule has 0 aliphatic carbocycles. The Balaban J connectivity index is 1.46. The number of carbonyl (C=O) groups excluding carboxylic acids is 3. The fraction of sp³-hybridized carbons (Fsp3) is 0.267. The Kier molecular flexibility index (Phi) is 10.2. The lowest BCUT2D eigenvalue weighted by Crippen LogP contribution is -2.46. The highest BCUT2D eigenvalue weighted by Gasteiger charge is 2.28. The molecular formula is C30H30N2O4S2. The van der Waals surface area contributed by atoms with E-state index in [1.54, 1.807) is 23.9 Å². The number of hydrogen-bond acceptors (Lipinski definition) is 7. The second-order valence-electron chi connectivity index (χ2n) is 8.87. The lowest BCUT2D eigenvalue weighted by atomic mass is 9.98. The minimum atomic E-state index is -0.843. The molecule has 0 saturated carbocycles. The maximum Gasteiger partial charge on any atom is 0.328 e.